The number of aromatic nitrogens is 1. The van der Waals surface area contributed by atoms with Crippen LogP contribution in [0.15, 0.2) is 18.3 Å². The van der Waals surface area contributed by atoms with Gasteiger partial charge in [0.1, 0.15) is 6.54 Å². The number of alkyl halides is 3. The van der Waals surface area contributed by atoms with Gasteiger partial charge in [-0.05, 0) is 26.0 Å². The van der Waals surface area contributed by atoms with Crippen molar-refractivity contribution in [3.8, 4) is 0 Å². The minimum absolute atomic E-state index is 0.221. The number of pyridine rings is 1. The molecular weight excluding hydrogens is 231 g/mol. The standard InChI is InChI=1S/C11H16F3N3/c1-3-17(7-11(12,13)14)9-4-5-10(8(2)15)16-6-9/h4-6,8H,3,7,15H2,1-2H3/t8-/m1/s1. The SMILES string of the molecule is CCN(CC(F)(F)F)c1ccc([C@@H](C)N)nc1. The highest BCUT2D eigenvalue weighted by atomic mass is 19.4. The average Bonchev–Trinajstić information content (AvgIpc) is 2.25. The molecule has 0 saturated heterocycles. The Labute approximate surface area is 98.4 Å². The van der Waals surface area contributed by atoms with E-state index in [2.05, 4.69) is 4.98 Å². The van der Waals surface area contributed by atoms with Gasteiger partial charge in [0.25, 0.3) is 0 Å². The third-order valence-electron chi connectivity index (χ3n) is 2.35. The van der Waals surface area contributed by atoms with Crippen molar-refractivity contribution in [2.45, 2.75) is 26.1 Å². The first kappa shape index (κ1) is 13.8. The van der Waals surface area contributed by atoms with Crippen LogP contribution in [0.2, 0.25) is 0 Å². The fourth-order valence-corrected chi connectivity index (χ4v) is 1.46. The Morgan fingerprint density at radius 1 is 1.41 bits per heavy atom. The van der Waals surface area contributed by atoms with Gasteiger partial charge in [0.15, 0.2) is 0 Å². The molecule has 3 nitrogen and oxygen atoms in total. The van der Waals surface area contributed by atoms with Crippen LogP contribution in [0.3, 0.4) is 0 Å². The first-order valence-electron chi connectivity index (χ1n) is 5.36. The molecule has 0 aliphatic carbocycles. The van der Waals surface area contributed by atoms with E-state index in [-0.39, 0.29) is 12.6 Å². The lowest BCUT2D eigenvalue weighted by Gasteiger charge is -2.24. The molecule has 0 unspecified atom stereocenters. The Morgan fingerprint density at radius 2 is 2.06 bits per heavy atom. The Kier molecular flexibility index (Phi) is 4.34. The molecule has 0 bridgehead atoms. The highest BCUT2D eigenvalue weighted by Crippen LogP contribution is 2.22. The Balaban J connectivity index is 2.82. The van der Waals surface area contributed by atoms with Crippen molar-refractivity contribution in [3.05, 3.63) is 24.0 Å². The van der Waals surface area contributed by atoms with E-state index in [0.717, 1.165) is 0 Å². The number of hydrogen-bond donors (Lipinski definition) is 1. The van der Waals surface area contributed by atoms with Crippen molar-refractivity contribution < 1.29 is 13.2 Å². The van der Waals surface area contributed by atoms with E-state index in [0.29, 0.717) is 11.4 Å². The number of nitrogens with two attached hydrogens (primary N) is 1. The summed E-state index contributed by atoms with van der Waals surface area (Å²) in [5, 5.41) is 0. The van der Waals surface area contributed by atoms with Crippen LogP contribution in [0.25, 0.3) is 0 Å². The quantitative estimate of drug-likeness (QED) is 0.888. The summed E-state index contributed by atoms with van der Waals surface area (Å²) in [4.78, 5) is 5.26. The smallest absolute Gasteiger partial charge is 0.362 e. The van der Waals surface area contributed by atoms with Gasteiger partial charge >= 0.3 is 6.18 Å². The molecule has 0 amide bonds. The molecule has 1 aromatic heterocycles. The lowest BCUT2D eigenvalue weighted by atomic mass is 10.2. The first-order chi connectivity index (χ1) is 7.83. The third-order valence-corrected chi connectivity index (χ3v) is 2.35. The van der Waals surface area contributed by atoms with Gasteiger partial charge < -0.3 is 10.6 Å². The number of hydrogen-bond acceptors (Lipinski definition) is 3. The number of halogens is 3. The molecule has 0 saturated carbocycles. The van der Waals surface area contributed by atoms with Gasteiger partial charge in [0.2, 0.25) is 0 Å². The lowest BCUT2D eigenvalue weighted by molar-refractivity contribution is -0.119. The third kappa shape index (κ3) is 4.22. The van der Waals surface area contributed by atoms with Crippen LogP contribution in [-0.4, -0.2) is 24.2 Å². The summed E-state index contributed by atoms with van der Waals surface area (Å²) in [5.41, 5.74) is 6.73. The molecule has 0 fully saturated rings. The Hall–Kier alpha value is -1.30. The number of rotatable bonds is 4. The molecule has 0 aromatic carbocycles. The Bertz CT molecular complexity index is 346. The maximum atomic E-state index is 12.3. The minimum atomic E-state index is -4.21. The summed E-state index contributed by atoms with van der Waals surface area (Å²) in [6.07, 6.45) is -2.79. The molecule has 0 aliphatic heterocycles. The fourth-order valence-electron chi connectivity index (χ4n) is 1.46. The summed E-state index contributed by atoms with van der Waals surface area (Å²) < 4.78 is 36.9. The molecule has 1 atom stereocenters. The largest absolute Gasteiger partial charge is 0.405 e. The van der Waals surface area contributed by atoms with E-state index in [1.807, 2.05) is 0 Å². The van der Waals surface area contributed by atoms with Crippen LogP contribution < -0.4 is 10.6 Å². The summed E-state index contributed by atoms with van der Waals surface area (Å²) in [6, 6.07) is 3.04. The fraction of sp³-hybridized carbons (Fsp3) is 0.545. The summed E-state index contributed by atoms with van der Waals surface area (Å²) in [6.45, 7) is 2.75. The van der Waals surface area contributed by atoms with Crippen molar-refractivity contribution in [3.63, 3.8) is 0 Å². The summed E-state index contributed by atoms with van der Waals surface area (Å²) in [5.74, 6) is 0. The van der Waals surface area contributed by atoms with Crippen molar-refractivity contribution in [2.24, 2.45) is 5.73 Å². The van der Waals surface area contributed by atoms with E-state index >= 15 is 0 Å². The normalized spacial score (nSPS) is 13.5. The predicted octanol–water partition coefficient (Wildman–Crippen LogP) is 2.49. The zero-order valence-electron chi connectivity index (χ0n) is 9.83. The average molecular weight is 247 g/mol. The van der Waals surface area contributed by atoms with E-state index in [1.165, 1.54) is 11.1 Å². The Morgan fingerprint density at radius 3 is 2.41 bits per heavy atom. The van der Waals surface area contributed by atoms with E-state index in [4.69, 9.17) is 5.73 Å². The van der Waals surface area contributed by atoms with Gasteiger partial charge in [0.05, 0.1) is 17.6 Å². The maximum Gasteiger partial charge on any atom is 0.405 e. The van der Waals surface area contributed by atoms with Crippen LogP contribution in [0.5, 0.6) is 0 Å². The molecule has 1 heterocycles. The predicted molar refractivity (Wildman–Crippen MR) is 60.8 cm³/mol. The van der Waals surface area contributed by atoms with E-state index < -0.39 is 12.7 Å². The molecule has 1 aromatic rings. The van der Waals surface area contributed by atoms with Gasteiger partial charge in [-0.2, -0.15) is 13.2 Å². The summed E-state index contributed by atoms with van der Waals surface area (Å²) >= 11 is 0. The van der Waals surface area contributed by atoms with Crippen molar-refractivity contribution in [2.75, 3.05) is 18.0 Å². The van der Waals surface area contributed by atoms with Crippen LogP contribution in [0, 0.1) is 0 Å². The van der Waals surface area contributed by atoms with Crippen molar-refractivity contribution in [1.29, 1.82) is 0 Å². The van der Waals surface area contributed by atoms with E-state index in [9.17, 15) is 13.2 Å². The zero-order valence-corrected chi connectivity index (χ0v) is 9.83. The van der Waals surface area contributed by atoms with Gasteiger partial charge in [-0.3, -0.25) is 4.98 Å². The molecule has 1 rings (SSSR count). The lowest BCUT2D eigenvalue weighted by Crippen LogP contribution is -2.34. The molecule has 96 valence electrons. The second kappa shape index (κ2) is 5.35. The van der Waals surface area contributed by atoms with Gasteiger partial charge in [-0.25, -0.2) is 0 Å². The monoisotopic (exact) mass is 247 g/mol. The van der Waals surface area contributed by atoms with Crippen molar-refractivity contribution in [1.82, 2.24) is 4.98 Å². The second-order valence-electron chi connectivity index (χ2n) is 3.86. The molecule has 2 N–H and O–H groups in total. The number of nitrogens with zero attached hydrogens (tertiary/aromatic N) is 2. The zero-order chi connectivity index (χ0) is 13.1. The van der Waals surface area contributed by atoms with E-state index in [1.54, 1.807) is 26.0 Å². The van der Waals surface area contributed by atoms with Crippen molar-refractivity contribution >= 4 is 5.69 Å². The molecule has 6 heteroatoms. The minimum Gasteiger partial charge on any atom is -0.362 e. The maximum absolute atomic E-state index is 12.3. The molecule has 0 aliphatic rings. The van der Waals surface area contributed by atoms with Crippen LogP contribution in [0.4, 0.5) is 18.9 Å². The van der Waals surface area contributed by atoms with Gasteiger partial charge in [-0.15, -0.1) is 0 Å². The van der Waals surface area contributed by atoms with Gasteiger partial charge in [-0.1, -0.05) is 0 Å². The molecular formula is C11H16F3N3. The molecule has 0 spiro atoms. The van der Waals surface area contributed by atoms with Gasteiger partial charge in [0, 0.05) is 12.6 Å². The second-order valence-corrected chi connectivity index (χ2v) is 3.86. The summed E-state index contributed by atoms with van der Waals surface area (Å²) in [7, 11) is 0. The van der Waals surface area contributed by atoms with Crippen LogP contribution in [-0.2, 0) is 0 Å². The molecule has 0 radical (unpaired) electrons. The molecule has 17 heavy (non-hydrogen) atoms. The van der Waals surface area contributed by atoms with Crippen LogP contribution >= 0.6 is 0 Å². The highest BCUT2D eigenvalue weighted by molar-refractivity contribution is 5.44. The van der Waals surface area contributed by atoms with Crippen LogP contribution in [0.1, 0.15) is 25.6 Å². The topological polar surface area (TPSA) is 42.1 Å². The highest BCUT2D eigenvalue weighted by Gasteiger charge is 2.30. The first-order valence-corrected chi connectivity index (χ1v) is 5.36. The number of anilines is 1.